The summed E-state index contributed by atoms with van der Waals surface area (Å²) in [5.41, 5.74) is 1.67. The van der Waals surface area contributed by atoms with E-state index in [4.69, 9.17) is 0 Å². The van der Waals surface area contributed by atoms with Crippen molar-refractivity contribution in [3.05, 3.63) is 35.4 Å². The second-order valence-electron chi connectivity index (χ2n) is 5.49. The van der Waals surface area contributed by atoms with E-state index in [1.807, 2.05) is 19.2 Å². The number of halogens is 1. The highest BCUT2D eigenvalue weighted by atomic mass is 35.5. The maximum Gasteiger partial charge on any atom is 0.251 e. The van der Waals surface area contributed by atoms with Crippen LogP contribution in [0, 0.1) is 5.92 Å². The number of amides is 2. The van der Waals surface area contributed by atoms with Crippen molar-refractivity contribution in [2.75, 3.05) is 27.2 Å². The van der Waals surface area contributed by atoms with Gasteiger partial charge < -0.3 is 15.5 Å². The molecular weight excluding hydrogens is 302 g/mol. The predicted octanol–water partition coefficient (Wildman–Crippen LogP) is 1.43. The van der Waals surface area contributed by atoms with Gasteiger partial charge in [-0.1, -0.05) is 12.1 Å². The minimum absolute atomic E-state index is 0. The molecule has 1 saturated heterocycles. The van der Waals surface area contributed by atoms with Crippen LogP contribution in [-0.4, -0.2) is 43.9 Å². The smallest absolute Gasteiger partial charge is 0.251 e. The summed E-state index contributed by atoms with van der Waals surface area (Å²) in [7, 11) is 3.46. The van der Waals surface area contributed by atoms with Crippen molar-refractivity contribution in [2.24, 2.45) is 5.92 Å². The molecule has 0 saturated carbocycles. The lowest BCUT2D eigenvalue weighted by Crippen LogP contribution is -2.38. The van der Waals surface area contributed by atoms with Crippen molar-refractivity contribution >= 4 is 24.2 Å². The first-order chi connectivity index (χ1) is 10.1. The van der Waals surface area contributed by atoms with Crippen LogP contribution in [0.25, 0.3) is 0 Å². The molecule has 122 valence electrons. The number of carbonyl (C=O) groups is 2. The number of hydrogen-bond acceptors (Lipinski definition) is 3. The van der Waals surface area contributed by atoms with Gasteiger partial charge in [0, 0.05) is 32.1 Å². The summed E-state index contributed by atoms with van der Waals surface area (Å²) in [6.07, 6.45) is 1.83. The molecule has 2 rings (SSSR count). The van der Waals surface area contributed by atoms with E-state index in [1.165, 1.54) is 0 Å². The van der Waals surface area contributed by atoms with Gasteiger partial charge in [0.1, 0.15) is 0 Å². The second-order valence-corrected chi connectivity index (χ2v) is 5.49. The van der Waals surface area contributed by atoms with E-state index in [0.29, 0.717) is 12.1 Å². The summed E-state index contributed by atoms with van der Waals surface area (Å²) < 4.78 is 0. The molecule has 1 aromatic rings. The van der Waals surface area contributed by atoms with Crippen LogP contribution >= 0.6 is 12.4 Å². The van der Waals surface area contributed by atoms with Crippen LogP contribution in [0.15, 0.2) is 24.3 Å². The largest absolute Gasteiger partial charge is 0.355 e. The molecule has 0 aromatic heterocycles. The first kappa shape index (κ1) is 18.5. The number of benzene rings is 1. The monoisotopic (exact) mass is 325 g/mol. The molecule has 0 atom stereocenters. The Bertz CT molecular complexity index is 499. The second kappa shape index (κ2) is 8.76. The zero-order valence-electron chi connectivity index (χ0n) is 13.1. The average molecular weight is 326 g/mol. The minimum Gasteiger partial charge on any atom is -0.355 e. The highest BCUT2D eigenvalue weighted by Gasteiger charge is 2.23. The normalized spacial score (nSPS) is 14.8. The molecule has 0 aliphatic carbocycles. The SMILES string of the molecule is CNC(=O)c1ccc(CN(C)C(=O)C2CCNCC2)cc1.Cl. The van der Waals surface area contributed by atoms with Crippen LogP contribution in [-0.2, 0) is 11.3 Å². The Labute approximate surface area is 137 Å². The van der Waals surface area contributed by atoms with E-state index in [2.05, 4.69) is 10.6 Å². The third kappa shape index (κ3) is 4.71. The predicted molar refractivity (Wildman–Crippen MR) is 89.1 cm³/mol. The summed E-state index contributed by atoms with van der Waals surface area (Å²) in [5, 5.41) is 5.87. The van der Waals surface area contributed by atoms with Crippen molar-refractivity contribution < 1.29 is 9.59 Å². The molecule has 1 heterocycles. The number of nitrogens with zero attached hydrogens (tertiary/aromatic N) is 1. The van der Waals surface area contributed by atoms with Crippen LogP contribution in [0.5, 0.6) is 0 Å². The van der Waals surface area contributed by atoms with Gasteiger partial charge in [0.25, 0.3) is 5.91 Å². The average Bonchev–Trinajstić information content (AvgIpc) is 2.55. The molecule has 5 nitrogen and oxygen atoms in total. The molecule has 0 radical (unpaired) electrons. The van der Waals surface area contributed by atoms with Crippen LogP contribution < -0.4 is 10.6 Å². The number of piperidine rings is 1. The third-order valence-corrected chi connectivity index (χ3v) is 3.93. The Morgan fingerprint density at radius 3 is 2.36 bits per heavy atom. The molecule has 2 N–H and O–H groups in total. The van der Waals surface area contributed by atoms with Crippen molar-refractivity contribution in [1.29, 1.82) is 0 Å². The van der Waals surface area contributed by atoms with Gasteiger partial charge in [0.15, 0.2) is 0 Å². The van der Waals surface area contributed by atoms with Gasteiger partial charge in [0.2, 0.25) is 5.91 Å². The first-order valence-electron chi connectivity index (χ1n) is 7.38. The van der Waals surface area contributed by atoms with Crippen molar-refractivity contribution in [3.8, 4) is 0 Å². The zero-order valence-corrected chi connectivity index (χ0v) is 13.9. The third-order valence-electron chi connectivity index (χ3n) is 3.93. The Morgan fingerprint density at radius 2 is 1.82 bits per heavy atom. The van der Waals surface area contributed by atoms with Crippen molar-refractivity contribution in [2.45, 2.75) is 19.4 Å². The number of nitrogens with one attached hydrogen (secondary N) is 2. The Morgan fingerprint density at radius 1 is 1.23 bits per heavy atom. The van der Waals surface area contributed by atoms with Gasteiger partial charge in [-0.3, -0.25) is 9.59 Å². The zero-order chi connectivity index (χ0) is 15.2. The van der Waals surface area contributed by atoms with Gasteiger partial charge in [-0.15, -0.1) is 12.4 Å². The molecule has 0 spiro atoms. The van der Waals surface area contributed by atoms with Gasteiger partial charge in [0.05, 0.1) is 0 Å². The molecule has 6 heteroatoms. The molecule has 1 aliphatic rings. The highest BCUT2D eigenvalue weighted by Crippen LogP contribution is 2.16. The Hall–Kier alpha value is -1.59. The standard InChI is InChI=1S/C16H23N3O2.ClH/c1-17-15(20)13-5-3-12(4-6-13)11-19(2)16(21)14-7-9-18-10-8-14;/h3-6,14,18H,7-11H2,1-2H3,(H,17,20);1H. The number of hydrogen-bond donors (Lipinski definition) is 2. The van der Waals surface area contributed by atoms with Gasteiger partial charge in [-0.2, -0.15) is 0 Å². The topological polar surface area (TPSA) is 61.4 Å². The Kier molecular flexibility index (Phi) is 7.35. The van der Waals surface area contributed by atoms with E-state index in [1.54, 1.807) is 24.1 Å². The molecule has 1 fully saturated rings. The van der Waals surface area contributed by atoms with E-state index in [0.717, 1.165) is 31.5 Å². The van der Waals surface area contributed by atoms with Gasteiger partial charge in [-0.05, 0) is 43.6 Å². The lowest BCUT2D eigenvalue weighted by molar-refractivity contribution is -0.135. The van der Waals surface area contributed by atoms with Crippen LogP contribution in [0.1, 0.15) is 28.8 Å². The first-order valence-corrected chi connectivity index (χ1v) is 7.38. The molecule has 1 aromatic carbocycles. The van der Waals surface area contributed by atoms with E-state index in [9.17, 15) is 9.59 Å². The van der Waals surface area contributed by atoms with Crippen molar-refractivity contribution in [3.63, 3.8) is 0 Å². The van der Waals surface area contributed by atoms with E-state index in [-0.39, 0.29) is 30.1 Å². The number of carbonyl (C=O) groups excluding carboxylic acids is 2. The van der Waals surface area contributed by atoms with Crippen LogP contribution in [0.4, 0.5) is 0 Å². The summed E-state index contributed by atoms with van der Waals surface area (Å²) in [6.45, 7) is 2.42. The molecule has 1 aliphatic heterocycles. The molecule has 22 heavy (non-hydrogen) atoms. The summed E-state index contributed by atoms with van der Waals surface area (Å²) in [4.78, 5) is 25.6. The molecular formula is C16H24ClN3O2. The summed E-state index contributed by atoms with van der Waals surface area (Å²) in [6, 6.07) is 7.38. The molecule has 0 unspecified atom stereocenters. The fourth-order valence-electron chi connectivity index (χ4n) is 2.64. The number of rotatable bonds is 4. The fourth-order valence-corrected chi connectivity index (χ4v) is 2.64. The van der Waals surface area contributed by atoms with Gasteiger partial charge >= 0.3 is 0 Å². The van der Waals surface area contributed by atoms with Gasteiger partial charge in [-0.25, -0.2) is 0 Å². The summed E-state index contributed by atoms with van der Waals surface area (Å²) in [5.74, 6) is 0.258. The molecule has 0 bridgehead atoms. The maximum absolute atomic E-state index is 12.4. The quantitative estimate of drug-likeness (QED) is 0.880. The lowest BCUT2D eigenvalue weighted by Gasteiger charge is -2.27. The lowest BCUT2D eigenvalue weighted by atomic mass is 9.96. The van der Waals surface area contributed by atoms with Crippen molar-refractivity contribution in [1.82, 2.24) is 15.5 Å². The highest BCUT2D eigenvalue weighted by molar-refractivity contribution is 5.93. The van der Waals surface area contributed by atoms with E-state index >= 15 is 0 Å². The van der Waals surface area contributed by atoms with E-state index < -0.39 is 0 Å². The minimum atomic E-state index is -0.0966. The Balaban J connectivity index is 0.00000242. The van der Waals surface area contributed by atoms with Crippen LogP contribution in [0.2, 0.25) is 0 Å². The maximum atomic E-state index is 12.4. The van der Waals surface area contributed by atoms with Crippen LogP contribution in [0.3, 0.4) is 0 Å². The molecule has 2 amide bonds. The fraction of sp³-hybridized carbons (Fsp3) is 0.500. The summed E-state index contributed by atoms with van der Waals surface area (Å²) >= 11 is 0.